The largest absolute Gasteiger partial charge is 0.248 e. The highest BCUT2D eigenvalue weighted by Gasteiger charge is 1.97. The number of hydrogen-bond acceptors (Lipinski definition) is 0. The summed E-state index contributed by atoms with van der Waals surface area (Å²) in [5.41, 5.74) is 0. The molecule has 0 spiro atoms. The average molecular weight is 188 g/mol. The van der Waals surface area contributed by atoms with E-state index in [0.717, 1.165) is 0 Å². The van der Waals surface area contributed by atoms with Crippen LogP contribution in [0.1, 0.15) is 33.1 Å². The van der Waals surface area contributed by atoms with Gasteiger partial charge in [0.25, 0.3) is 0 Å². The molecule has 0 aliphatic carbocycles. The van der Waals surface area contributed by atoms with Crippen molar-refractivity contribution in [1.29, 1.82) is 0 Å². The van der Waals surface area contributed by atoms with Crippen molar-refractivity contribution in [3.8, 4) is 0 Å². The maximum Gasteiger partial charge on any atom is 0.238 e. The summed E-state index contributed by atoms with van der Waals surface area (Å²) in [6, 6.07) is 0. The van der Waals surface area contributed by atoms with Crippen molar-refractivity contribution in [2.75, 3.05) is 6.67 Å². The first-order chi connectivity index (χ1) is 5.58. The van der Waals surface area contributed by atoms with Crippen LogP contribution in [0, 0.1) is 0 Å². The van der Waals surface area contributed by atoms with Gasteiger partial charge in [-0.15, -0.1) is 0 Å². The second-order valence-electron chi connectivity index (χ2n) is 2.34. The monoisotopic (exact) mass is 188 g/mol. The Bertz CT molecular complexity index is 71.5. The maximum atomic E-state index is 11.5. The lowest BCUT2D eigenvalue weighted by molar-refractivity contribution is 0.137. The Balaban J connectivity index is 0. The van der Waals surface area contributed by atoms with E-state index in [2.05, 4.69) is 0 Å². The fourth-order valence-electron chi connectivity index (χ4n) is 0.327. The molecule has 0 amide bonds. The molecule has 0 saturated heterocycles. The van der Waals surface area contributed by atoms with Crippen molar-refractivity contribution in [3.63, 3.8) is 0 Å². The van der Waals surface area contributed by atoms with Gasteiger partial charge in [-0.1, -0.05) is 20.3 Å². The fraction of sp³-hybridized carbons (Fsp3) is 1.00. The van der Waals surface area contributed by atoms with Gasteiger partial charge in [0.15, 0.2) is 0 Å². The Morgan fingerprint density at radius 3 is 1.58 bits per heavy atom. The van der Waals surface area contributed by atoms with Gasteiger partial charge in [0, 0.05) is 6.42 Å². The van der Waals surface area contributed by atoms with Crippen LogP contribution in [-0.2, 0) is 0 Å². The summed E-state index contributed by atoms with van der Waals surface area (Å²) >= 11 is 0. The molecule has 0 aliphatic rings. The van der Waals surface area contributed by atoms with Crippen LogP contribution in [0.5, 0.6) is 0 Å². The van der Waals surface area contributed by atoms with Crippen LogP contribution in [0.25, 0.3) is 0 Å². The minimum Gasteiger partial charge on any atom is -0.248 e. The van der Waals surface area contributed by atoms with Crippen LogP contribution in [0.4, 0.5) is 17.6 Å². The van der Waals surface area contributed by atoms with Gasteiger partial charge in [-0.3, -0.25) is 0 Å². The molecule has 0 rings (SSSR count). The Kier molecular flexibility index (Phi) is 12.7. The topological polar surface area (TPSA) is 0 Å². The summed E-state index contributed by atoms with van der Waals surface area (Å²) in [6.07, 6.45) is -2.42. The van der Waals surface area contributed by atoms with E-state index in [1.165, 1.54) is 0 Å². The average Bonchev–Trinajstić information content (AvgIpc) is 2.04. The molecular formula is C8H16F4. The number of rotatable bonds is 4. The summed E-state index contributed by atoms with van der Waals surface area (Å²) in [4.78, 5) is 0. The van der Waals surface area contributed by atoms with E-state index >= 15 is 0 Å². The van der Waals surface area contributed by atoms with E-state index in [1.807, 2.05) is 0 Å². The third kappa shape index (κ3) is 16.4. The van der Waals surface area contributed by atoms with Crippen molar-refractivity contribution in [2.45, 2.75) is 45.7 Å². The standard InChI is InChI=1S/2C4H8F2/c1-2-4(6)3-5;1-2-3-4(5)6/h2*4H,2-3H2,1H3. The van der Waals surface area contributed by atoms with Gasteiger partial charge in [0.1, 0.15) is 12.8 Å². The second kappa shape index (κ2) is 10.7. The minimum absolute atomic E-state index is 0.0417. The van der Waals surface area contributed by atoms with Gasteiger partial charge in [0.2, 0.25) is 6.43 Å². The van der Waals surface area contributed by atoms with Crippen LogP contribution < -0.4 is 0 Å². The van der Waals surface area contributed by atoms with Gasteiger partial charge in [0.05, 0.1) is 0 Å². The van der Waals surface area contributed by atoms with Crippen LogP contribution in [-0.4, -0.2) is 19.3 Å². The predicted molar refractivity (Wildman–Crippen MR) is 42.1 cm³/mol. The molecule has 76 valence electrons. The normalized spacial score (nSPS) is 12.2. The lowest BCUT2D eigenvalue weighted by Crippen LogP contribution is -1.97. The lowest BCUT2D eigenvalue weighted by atomic mass is 10.3. The zero-order chi connectivity index (χ0) is 9.98. The van der Waals surface area contributed by atoms with Crippen molar-refractivity contribution in [1.82, 2.24) is 0 Å². The summed E-state index contributed by atoms with van der Waals surface area (Å²) in [7, 11) is 0. The van der Waals surface area contributed by atoms with E-state index in [0.29, 0.717) is 6.42 Å². The van der Waals surface area contributed by atoms with Gasteiger partial charge in [-0.05, 0) is 6.42 Å². The van der Waals surface area contributed by atoms with Gasteiger partial charge < -0.3 is 0 Å². The molecule has 0 aromatic carbocycles. The summed E-state index contributed by atoms with van der Waals surface area (Å²) in [6.45, 7) is 2.52. The first-order valence-electron chi connectivity index (χ1n) is 4.06. The van der Waals surface area contributed by atoms with Gasteiger partial charge in [-0.2, -0.15) is 0 Å². The van der Waals surface area contributed by atoms with E-state index in [-0.39, 0.29) is 12.8 Å². The van der Waals surface area contributed by atoms with Gasteiger partial charge in [-0.25, -0.2) is 17.6 Å². The first-order valence-corrected chi connectivity index (χ1v) is 4.06. The Hall–Kier alpha value is -0.280. The molecule has 0 heterocycles. The Morgan fingerprint density at radius 1 is 1.08 bits per heavy atom. The van der Waals surface area contributed by atoms with Gasteiger partial charge >= 0.3 is 0 Å². The summed E-state index contributed by atoms with van der Waals surface area (Å²) in [5.74, 6) is 0. The molecule has 0 aromatic rings. The molecule has 0 aromatic heterocycles. The Labute approximate surface area is 71.0 Å². The van der Waals surface area contributed by atoms with Crippen LogP contribution in [0.2, 0.25) is 0 Å². The van der Waals surface area contributed by atoms with Crippen LogP contribution in [0.3, 0.4) is 0 Å². The number of hydrogen-bond donors (Lipinski definition) is 0. The molecule has 4 heteroatoms. The van der Waals surface area contributed by atoms with E-state index in [4.69, 9.17) is 0 Å². The SMILES string of the molecule is CCC(F)CF.CCCC(F)F. The highest BCUT2D eigenvalue weighted by molar-refractivity contribution is 4.45. The number of halogens is 4. The molecule has 0 radical (unpaired) electrons. The molecule has 12 heavy (non-hydrogen) atoms. The maximum absolute atomic E-state index is 11.5. The highest BCUT2D eigenvalue weighted by atomic mass is 19.3. The predicted octanol–water partition coefficient (Wildman–Crippen LogP) is 3.76. The molecule has 0 N–H and O–H groups in total. The third-order valence-corrected chi connectivity index (χ3v) is 1.12. The molecule has 0 nitrogen and oxygen atoms in total. The highest BCUT2D eigenvalue weighted by Crippen LogP contribution is 1.99. The van der Waals surface area contributed by atoms with Crippen molar-refractivity contribution < 1.29 is 17.6 Å². The number of alkyl halides is 4. The molecule has 1 unspecified atom stereocenters. The first kappa shape index (κ1) is 14.3. The zero-order valence-corrected chi connectivity index (χ0v) is 7.49. The molecule has 0 aliphatic heterocycles. The minimum atomic E-state index is -2.10. The smallest absolute Gasteiger partial charge is 0.238 e. The molecule has 0 saturated carbocycles. The van der Waals surface area contributed by atoms with Crippen LogP contribution >= 0.6 is 0 Å². The summed E-state index contributed by atoms with van der Waals surface area (Å²) < 4.78 is 44.6. The zero-order valence-electron chi connectivity index (χ0n) is 7.49. The van der Waals surface area contributed by atoms with E-state index in [9.17, 15) is 17.6 Å². The fourth-order valence-corrected chi connectivity index (χ4v) is 0.327. The molecule has 1 atom stereocenters. The molecule has 0 fully saturated rings. The molecule has 0 bridgehead atoms. The lowest BCUT2D eigenvalue weighted by Gasteiger charge is -1.91. The molecular weight excluding hydrogens is 172 g/mol. The summed E-state index contributed by atoms with van der Waals surface area (Å²) in [5, 5.41) is 0. The quantitative estimate of drug-likeness (QED) is 0.589. The van der Waals surface area contributed by atoms with Crippen molar-refractivity contribution in [2.24, 2.45) is 0 Å². The second-order valence-corrected chi connectivity index (χ2v) is 2.34. The van der Waals surface area contributed by atoms with E-state index in [1.54, 1.807) is 13.8 Å². The van der Waals surface area contributed by atoms with Crippen LogP contribution in [0.15, 0.2) is 0 Å². The van der Waals surface area contributed by atoms with Crippen molar-refractivity contribution in [3.05, 3.63) is 0 Å². The third-order valence-electron chi connectivity index (χ3n) is 1.12. The Morgan fingerprint density at radius 2 is 1.58 bits per heavy atom. The van der Waals surface area contributed by atoms with Crippen molar-refractivity contribution >= 4 is 0 Å². The van der Waals surface area contributed by atoms with E-state index < -0.39 is 19.3 Å².